The Bertz CT molecular complexity index is 1130. The normalized spacial score (nSPS) is 19.2. The number of hydrogen-bond donors (Lipinski definition) is 1. The molecular formula is C23H24FN5O2. The number of nitrogens with zero attached hydrogens (tertiary/aromatic N) is 4. The lowest BCUT2D eigenvalue weighted by Crippen LogP contribution is -2.48. The fraction of sp³-hybridized carbons (Fsp3) is 0.348. The summed E-state index contributed by atoms with van der Waals surface area (Å²) in [6.07, 6.45) is 0.597. The number of amides is 2. The molecule has 1 unspecified atom stereocenters. The molecule has 2 aliphatic heterocycles. The van der Waals surface area contributed by atoms with Gasteiger partial charge in [-0.2, -0.15) is 0 Å². The number of fused-ring (bicyclic) bond motifs is 2. The number of nitrogens with one attached hydrogen (secondary N) is 1. The van der Waals surface area contributed by atoms with Crippen LogP contribution in [0.15, 0.2) is 48.5 Å². The largest absolute Gasteiger partial charge is 0.487 e. The van der Waals surface area contributed by atoms with Crippen LogP contribution in [0.25, 0.3) is 11.4 Å². The highest BCUT2D eigenvalue weighted by Crippen LogP contribution is 2.40. The minimum Gasteiger partial charge on any atom is -0.487 e. The second-order valence-corrected chi connectivity index (χ2v) is 8.63. The van der Waals surface area contributed by atoms with E-state index in [0.29, 0.717) is 31.8 Å². The zero-order valence-electron chi connectivity index (χ0n) is 17.5. The lowest BCUT2D eigenvalue weighted by atomic mass is 9.89. The second kappa shape index (κ2) is 7.37. The van der Waals surface area contributed by atoms with Crippen LogP contribution in [0.5, 0.6) is 5.75 Å². The summed E-state index contributed by atoms with van der Waals surface area (Å²) in [7, 11) is 0. The zero-order valence-corrected chi connectivity index (χ0v) is 17.5. The van der Waals surface area contributed by atoms with E-state index in [4.69, 9.17) is 4.74 Å². The van der Waals surface area contributed by atoms with E-state index >= 15 is 0 Å². The van der Waals surface area contributed by atoms with E-state index in [1.807, 2.05) is 44.2 Å². The van der Waals surface area contributed by atoms with Crippen molar-refractivity contribution in [3.05, 3.63) is 65.7 Å². The van der Waals surface area contributed by atoms with E-state index in [1.165, 1.54) is 12.1 Å². The van der Waals surface area contributed by atoms with Gasteiger partial charge in [-0.15, -0.1) is 10.2 Å². The molecular weight excluding hydrogens is 397 g/mol. The first kappa shape index (κ1) is 19.5. The summed E-state index contributed by atoms with van der Waals surface area (Å²) in [6.45, 7) is 5.44. The number of urea groups is 1. The van der Waals surface area contributed by atoms with Crippen LogP contribution in [0, 0.1) is 5.82 Å². The zero-order chi connectivity index (χ0) is 21.6. The Labute approximate surface area is 179 Å². The highest BCUT2D eigenvalue weighted by molar-refractivity contribution is 5.75. The second-order valence-electron chi connectivity index (χ2n) is 8.63. The van der Waals surface area contributed by atoms with E-state index in [0.717, 1.165) is 22.8 Å². The van der Waals surface area contributed by atoms with Crippen LogP contribution in [0.4, 0.5) is 9.18 Å². The molecule has 5 rings (SSSR count). The molecule has 0 saturated carbocycles. The number of rotatable bonds is 2. The summed E-state index contributed by atoms with van der Waals surface area (Å²) in [5, 5.41) is 11.8. The number of aromatic nitrogens is 3. The fourth-order valence-electron chi connectivity index (χ4n) is 4.33. The molecule has 0 bridgehead atoms. The van der Waals surface area contributed by atoms with Crippen LogP contribution in [0.3, 0.4) is 0 Å². The van der Waals surface area contributed by atoms with Gasteiger partial charge in [0.05, 0.1) is 12.6 Å². The Morgan fingerprint density at radius 1 is 1.16 bits per heavy atom. The number of hydrogen-bond acceptors (Lipinski definition) is 4. The minimum absolute atomic E-state index is 0.173. The van der Waals surface area contributed by atoms with Crippen molar-refractivity contribution in [2.75, 3.05) is 6.54 Å². The van der Waals surface area contributed by atoms with Gasteiger partial charge in [0, 0.05) is 36.7 Å². The standard InChI is InChI=1S/C23H24FN5O2/c1-23(2)13-18(17-9-8-16(24)12-19(17)31-23)25-22(30)28-10-11-29-20(14-28)26-27-21(29)15-6-4-3-5-7-15/h3-9,12,18H,10-11,13-14H2,1-2H3,(H,25,30). The Morgan fingerprint density at radius 3 is 2.77 bits per heavy atom. The maximum atomic E-state index is 13.7. The van der Waals surface area contributed by atoms with Gasteiger partial charge in [0.1, 0.15) is 17.2 Å². The lowest BCUT2D eigenvalue weighted by Gasteiger charge is -2.39. The van der Waals surface area contributed by atoms with Gasteiger partial charge in [0.2, 0.25) is 0 Å². The molecule has 7 nitrogen and oxygen atoms in total. The number of benzene rings is 2. The van der Waals surface area contributed by atoms with Crippen LogP contribution >= 0.6 is 0 Å². The quantitative estimate of drug-likeness (QED) is 0.681. The van der Waals surface area contributed by atoms with E-state index < -0.39 is 5.60 Å². The summed E-state index contributed by atoms with van der Waals surface area (Å²) in [6, 6.07) is 13.9. The third kappa shape index (κ3) is 3.73. The van der Waals surface area contributed by atoms with Crippen molar-refractivity contribution in [2.24, 2.45) is 0 Å². The molecule has 1 N–H and O–H groups in total. The van der Waals surface area contributed by atoms with Crippen molar-refractivity contribution in [3.8, 4) is 17.1 Å². The van der Waals surface area contributed by atoms with E-state index in [-0.39, 0.29) is 17.9 Å². The predicted octanol–water partition coefficient (Wildman–Crippen LogP) is 3.91. The maximum Gasteiger partial charge on any atom is 0.318 e. The number of carbonyl (C=O) groups excluding carboxylic acids is 1. The van der Waals surface area contributed by atoms with Gasteiger partial charge in [-0.3, -0.25) is 0 Å². The first-order valence-corrected chi connectivity index (χ1v) is 10.4. The molecule has 0 fully saturated rings. The summed E-state index contributed by atoms with van der Waals surface area (Å²) in [5.41, 5.74) is 1.29. The van der Waals surface area contributed by atoms with Crippen molar-refractivity contribution in [1.29, 1.82) is 0 Å². The third-order valence-corrected chi connectivity index (χ3v) is 5.80. The first-order chi connectivity index (χ1) is 14.9. The Morgan fingerprint density at radius 2 is 1.97 bits per heavy atom. The molecule has 31 heavy (non-hydrogen) atoms. The van der Waals surface area contributed by atoms with Crippen LogP contribution in [0.2, 0.25) is 0 Å². The smallest absolute Gasteiger partial charge is 0.318 e. The van der Waals surface area contributed by atoms with E-state index in [2.05, 4.69) is 20.1 Å². The Kier molecular flexibility index (Phi) is 4.64. The van der Waals surface area contributed by atoms with Crippen molar-refractivity contribution in [3.63, 3.8) is 0 Å². The Hall–Kier alpha value is -3.42. The SMILES string of the molecule is CC1(C)CC(NC(=O)N2CCn3c(nnc3-c3ccccc3)C2)c2ccc(F)cc2O1. The van der Waals surface area contributed by atoms with Crippen LogP contribution in [-0.4, -0.2) is 37.8 Å². The average Bonchev–Trinajstić information content (AvgIpc) is 3.16. The molecule has 2 aliphatic rings. The lowest BCUT2D eigenvalue weighted by molar-refractivity contribution is 0.0656. The number of halogens is 1. The summed E-state index contributed by atoms with van der Waals surface area (Å²) >= 11 is 0. The minimum atomic E-state index is -0.509. The topological polar surface area (TPSA) is 72.3 Å². The summed E-state index contributed by atoms with van der Waals surface area (Å²) < 4.78 is 21.7. The third-order valence-electron chi connectivity index (χ3n) is 5.80. The maximum absolute atomic E-state index is 13.7. The van der Waals surface area contributed by atoms with Gasteiger partial charge in [0.25, 0.3) is 0 Å². The van der Waals surface area contributed by atoms with Crippen molar-refractivity contribution < 1.29 is 13.9 Å². The highest BCUT2D eigenvalue weighted by Gasteiger charge is 2.36. The van der Waals surface area contributed by atoms with Crippen LogP contribution in [0.1, 0.15) is 37.7 Å². The first-order valence-electron chi connectivity index (χ1n) is 10.4. The van der Waals surface area contributed by atoms with Gasteiger partial charge in [-0.1, -0.05) is 36.4 Å². The van der Waals surface area contributed by atoms with Gasteiger partial charge < -0.3 is 19.5 Å². The van der Waals surface area contributed by atoms with E-state index in [9.17, 15) is 9.18 Å². The molecule has 3 aromatic rings. The number of ether oxygens (including phenoxy) is 1. The number of carbonyl (C=O) groups is 1. The average molecular weight is 421 g/mol. The molecule has 0 aliphatic carbocycles. The van der Waals surface area contributed by atoms with Gasteiger partial charge in [0.15, 0.2) is 11.6 Å². The molecule has 1 atom stereocenters. The van der Waals surface area contributed by atoms with Gasteiger partial charge in [-0.05, 0) is 19.9 Å². The van der Waals surface area contributed by atoms with Crippen LogP contribution < -0.4 is 10.1 Å². The highest BCUT2D eigenvalue weighted by atomic mass is 19.1. The molecule has 2 aromatic carbocycles. The van der Waals surface area contributed by atoms with Gasteiger partial charge >= 0.3 is 6.03 Å². The molecule has 3 heterocycles. The molecule has 2 amide bonds. The molecule has 1 aromatic heterocycles. The summed E-state index contributed by atoms with van der Waals surface area (Å²) in [4.78, 5) is 14.8. The van der Waals surface area contributed by atoms with Crippen molar-refractivity contribution in [2.45, 2.75) is 45.0 Å². The van der Waals surface area contributed by atoms with Gasteiger partial charge in [-0.25, -0.2) is 9.18 Å². The summed E-state index contributed by atoms with van der Waals surface area (Å²) in [5.74, 6) is 1.70. The molecule has 8 heteroatoms. The Balaban J connectivity index is 1.33. The monoisotopic (exact) mass is 421 g/mol. The molecule has 0 spiro atoms. The van der Waals surface area contributed by atoms with Crippen molar-refractivity contribution >= 4 is 6.03 Å². The van der Waals surface area contributed by atoms with Crippen LogP contribution in [-0.2, 0) is 13.1 Å². The predicted molar refractivity (Wildman–Crippen MR) is 113 cm³/mol. The fourth-order valence-corrected chi connectivity index (χ4v) is 4.33. The molecule has 0 radical (unpaired) electrons. The molecule has 0 saturated heterocycles. The van der Waals surface area contributed by atoms with E-state index in [1.54, 1.807) is 11.0 Å². The molecule has 160 valence electrons. The van der Waals surface area contributed by atoms with Crippen molar-refractivity contribution in [1.82, 2.24) is 25.0 Å².